The summed E-state index contributed by atoms with van der Waals surface area (Å²) in [5.74, 6) is 0.108. The lowest BCUT2D eigenvalue weighted by Crippen LogP contribution is -2.47. The van der Waals surface area contributed by atoms with Gasteiger partial charge in [0.05, 0.1) is 11.6 Å². The first-order valence-corrected chi connectivity index (χ1v) is 7.90. The maximum atomic E-state index is 13.0. The highest BCUT2D eigenvalue weighted by atomic mass is 16.2. The summed E-state index contributed by atoms with van der Waals surface area (Å²) in [7, 11) is 0. The maximum absolute atomic E-state index is 13.0. The Hall–Kier alpha value is -2.23. The maximum Gasteiger partial charge on any atom is 0.255 e. The van der Waals surface area contributed by atoms with E-state index in [0.717, 1.165) is 30.2 Å². The lowest BCUT2D eigenvalue weighted by molar-refractivity contribution is -0.124. The second-order valence-corrected chi connectivity index (χ2v) is 5.71. The van der Waals surface area contributed by atoms with E-state index in [1.54, 1.807) is 11.1 Å². The summed E-state index contributed by atoms with van der Waals surface area (Å²) in [6, 6.07) is 9.06. The van der Waals surface area contributed by atoms with Gasteiger partial charge >= 0.3 is 0 Å². The summed E-state index contributed by atoms with van der Waals surface area (Å²) >= 11 is 0. The number of aromatic nitrogens is 1. The Morgan fingerprint density at radius 2 is 2.09 bits per heavy atom. The molecule has 1 atom stereocenters. The number of rotatable bonds is 3. The van der Waals surface area contributed by atoms with Crippen molar-refractivity contribution in [1.82, 2.24) is 9.88 Å². The van der Waals surface area contributed by atoms with Crippen molar-refractivity contribution in [3.63, 3.8) is 0 Å². The van der Waals surface area contributed by atoms with Crippen molar-refractivity contribution in [1.29, 1.82) is 0 Å². The summed E-state index contributed by atoms with van der Waals surface area (Å²) < 4.78 is 0. The monoisotopic (exact) mass is 296 g/mol. The van der Waals surface area contributed by atoms with E-state index in [-0.39, 0.29) is 17.7 Å². The van der Waals surface area contributed by atoms with Gasteiger partial charge in [0.2, 0.25) is 0 Å². The van der Waals surface area contributed by atoms with E-state index in [1.807, 2.05) is 37.3 Å². The molecule has 0 radical (unpaired) electrons. The zero-order valence-corrected chi connectivity index (χ0v) is 12.8. The van der Waals surface area contributed by atoms with E-state index in [2.05, 4.69) is 4.98 Å². The van der Waals surface area contributed by atoms with E-state index in [9.17, 15) is 9.59 Å². The van der Waals surface area contributed by atoms with E-state index in [1.165, 1.54) is 0 Å². The van der Waals surface area contributed by atoms with Crippen LogP contribution in [0, 0.1) is 0 Å². The fraction of sp³-hybridized carbons (Fsp3) is 0.389. The van der Waals surface area contributed by atoms with Crippen LogP contribution in [0.1, 0.15) is 43.0 Å². The molecule has 2 aromatic rings. The van der Waals surface area contributed by atoms with Gasteiger partial charge in [0, 0.05) is 30.1 Å². The minimum absolute atomic E-state index is 0.0508. The molecule has 22 heavy (non-hydrogen) atoms. The van der Waals surface area contributed by atoms with Crippen molar-refractivity contribution in [2.45, 2.75) is 38.6 Å². The van der Waals surface area contributed by atoms with Crippen LogP contribution >= 0.6 is 0 Å². The molecule has 3 rings (SSSR count). The molecule has 4 heteroatoms. The molecule has 0 aliphatic carbocycles. The molecule has 0 saturated carbocycles. The van der Waals surface area contributed by atoms with Crippen molar-refractivity contribution in [2.24, 2.45) is 0 Å². The van der Waals surface area contributed by atoms with E-state index in [4.69, 9.17) is 0 Å². The molecule has 114 valence electrons. The molecule has 1 unspecified atom stereocenters. The van der Waals surface area contributed by atoms with Gasteiger partial charge in [-0.2, -0.15) is 0 Å². The predicted molar refractivity (Wildman–Crippen MR) is 85.7 cm³/mol. The van der Waals surface area contributed by atoms with Crippen molar-refractivity contribution < 1.29 is 9.59 Å². The summed E-state index contributed by atoms with van der Waals surface area (Å²) in [6.45, 7) is 2.52. The lowest BCUT2D eigenvalue weighted by Gasteiger charge is -2.35. The third-order valence-corrected chi connectivity index (χ3v) is 4.36. The third kappa shape index (κ3) is 2.61. The lowest BCUT2D eigenvalue weighted by atomic mass is 9.95. The molecular weight excluding hydrogens is 276 g/mol. The van der Waals surface area contributed by atoms with Gasteiger partial charge in [0.1, 0.15) is 0 Å². The van der Waals surface area contributed by atoms with Crippen LogP contribution in [0.3, 0.4) is 0 Å². The van der Waals surface area contributed by atoms with Crippen LogP contribution in [0.25, 0.3) is 10.9 Å². The molecule has 1 aromatic carbocycles. The average Bonchev–Trinajstić information content (AvgIpc) is 2.60. The Labute approximate surface area is 130 Å². The predicted octanol–water partition coefficient (Wildman–Crippen LogP) is 3.21. The van der Waals surface area contributed by atoms with Gasteiger partial charge in [-0.15, -0.1) is 0 Å². The summed E-state index contributed by atoms with van der Waals surface area (Å²) in [4.78, 5) is 31.2. The van der Waals surface area contributed by atoms with Crippen LogP contribution in [-0.2, 0) is 4.79 Å². The number of amides is 1. The first kappa shape index (κ1) is 14.7. The summed E-state index contributed by atoms with van der Waals surface area (Å²) in [5, 5.41) is 0.850. The number of benzene rings is 1. The molecule has 1 aliphatic heterocycles. The number of ketones is 1. The highest BCUT2D eigenvalue weighted by molar-refractivity contribution is 6.07. The Kier molecular flexibility index (Phi) is 4.18. The zero-order chi connectivity index (χ0) is 15.5. The highest BCUT2D eigenvalue weighted by Gasteiger charge is 2.32. The topological polar surface area (TPSA) is 50.3 Å². The number of piperidine rings is 1. The standard InChI is InChI=1S/C18H20N2O2/c1-2-17(21)16-10-3-4-12-20(16)18(22)14-7-5-9-15-13(14)8-6-11-19-15/h5-9,11,16H,2-4,10,12H2,1H3. The number of hydrogen-bond donors (Lipinski definition) is 0. The quantitative estimate of drug-likeness (QED) is 0.874. The van der Waals surface area contributed by atoms with Crippen molar-refractivity contribution in [2.75, 3.05) is 6.54 Å². The van der Waals surface area contributed by atoms with Crippen molar-refractivity contribution in [3.05, 3.63) is 42.1 Å². The van der Waals surface area contributed by atoms with Crippen LogP contribution in [0.5, 0.6) is 0 Å². The second-order valence-electron chi connectivity index (χ2n) is 5.71. The second kappa shape index (κ2) is 6.26. The minimum atomic E-state index is -0.266. The van der Waals surface area contributed by atoms with Gasteiger partial charge in [-0.3, -0.25) is 14.6 Å². The number of hydrogen-bond acceptors (Lipinski definition) is 3. The highest BCUT2D eigenvalue weighted by Crippen LogP contribution is 2.24. The summed E-state index contributed by atoms with van der Waals surface area (Å²) in [6.07, 6.45) is 4.95. The van der Waals surface area contributed by atoms with E-state index < -0.39 is 0 Å². The van der Waals surface area contributed by atoms with Gasteiger partial charge < -0.3 is 4.90 Å². The molecule has 1 aromatic heterocycles. The third-order valence-electron chi connectivity index (χ3n) is 4.36. The van der Waals surface area contributed by atoms with Crippen LogP contribution in [0.2, 0.25) is 0 Å². The number of carbonyl (C=O) groups excluding carboxylic acids is 2. The van der Waals surface area contributed by atoms with Crippen LogP contribution < -0.4 is 0 Å². The Morgan fingerprint density at radius 3 is 2.91 bits per heavy atom. The van der Waals surface area contributed by atoms with Crippen molar-refractivity contribution in [3.8, 4) is 0 Å². The first-order chi connectivity index (χ1) is 10.7. The molecule has 0 spiro atoms. The Morgan fingerprint density at radius 1 is 1.23 bits per heavy atom. The number of nitrogens with zero attached hydrogens (tertiary/aromatic N) is 2. The van der Waals surface area contributed by atoms with Gasteiger partial charge in [-0.1, -0.05) is 19.1 Å². The zero-order valence-electron chi connectivity index (χ0n) is 12.8. The number of fused-ring (bicyclic) bond motifs is 1. The van der Waals surface area contributed by atoms with Crippen LogP contribution in [-0.4, -0.2) is 34.2 Å². The summed E-state index contributed by atoms with van der Waals surface area (Å²) in [5.41, 5.74) is 1.45. The molecule has 1 saturated heterocycles. The molecular formula is C18H20N2O2. The van der Waals surface area contributed by atoms with E-state index in [0.29, 0.717) is 18.5 Å². The first-order valence-electron chi connectivity index (χ1n) is 7.90. The van der Waals surface area contributed by atoms with Crippen LogP contribution in [0.4, 0.5) is 0 Å². The Bertz CT molecular complexity index is 706. The molecule has 1 fully saturated rings. The van der Waals surface area contributed by atoms with Crippen molar-refractivity contribution >= 4 is 22.6 Å². The largest absolute Gasteiger partial charge is 0.329 e. The minimum Gasteiger partial charge on any atom is -0.329 e. The van der Waals surface area contributed by atoms with E-state index >= 15 is 0 Å². The van der Waals surface area contributed by atoms with Gasteiger partial charge in [-0.25, -0.2) is 0 Å². The molecule has 0 bridgehead atoms. The smallest absolute Gasteiger partial charge is 0.255 e. The SMILES string of the molecule is CCC(=O)C1CCCCN1C(=O)c1cccc2ncccc12. The molecule has 4 nitrogen and oxygen atoms in total. The van der Waals surface area contributed by atoms with Gasteiger partial charge in [0.15, 0.2) is 5.78 Å². The molecule has 0 N–H and O–H groups in total. The van der Waals surface area contributed by atoms with Crippen LogP contribution in [0.15, 0.2) is 36.5 Å². The molecule has 1 aliphatic rings. The number of carbonyl (C=O) groups is 2. The number of pyridine rings is 1. The number of Topliss-reactive ketones (excluding diaryl/α,β-unsaturated/α-hetero) is 1. The Balaban J connectivity index is 1.99. The fourth-order valence-corrected chi connectivity index (χ4v) is 3.19. The molecule has 2 heterocycles. The van der Waals surface area contributed by atoms with Gasteiger partial charge in [0.25, 0.3) is 5.91 Å². The normalized spacial score (nSPS) is 18.4. The van der Waals surface area contributed by atoms with Gasteiger partial charge in [-0.05, 0) is 37.5 Å². The average molecular weight is 296 g/mol. The molecule has 1 amide bonds. The number of likely N-dealkylation sites (tertiary alicyclic amines) is 1. The fourth-order valence-electron chi connectivity index (χ4n) is 3.19.